The van der Waals surface area contributed by atoms with E-state index in [1.807, 2.05) is 13.8 Å². The minimum absolute atomic E-state index is 0.129. The van der Waals surface area contributed by atoms with Gasteiger partial charge in [0.1, 0.15) is 0 Å². The fraction of sp³-hybridized carbons (Fsp3) is 0.917. The van der Waals surface area contributed by atoms with Crippen LogP contribution in [0.5, 0.6) is 0 Å². The molecule has 0 aromatic heterocycles. The molecule has 1 N–H and O–H groups in total. The lowest BCUT2D eigenvalue weighted by Gasteiger charge is -2.28. The highest BCUT2D eigenvalue weighted by atomic mass is 16.5. The molecule has 0 aromatic rings. The first-order chi connectivity index (χ1) is 7.45. The van der Waals surface area contributed by atoms with Crippen molar-refractivity contribution in [2.24, 2.45) is 11.3 Å². The smallest absolute Gasteiger partial charge is 0.309 e. The zero-order valence-electron chi connectivity index (χ0n) is 10.8. The van der Waals surface area contributed by atoms with E-state index < -0.39 is 11.4 Å². The summed E-state index contributed by atoms with van der Waals surface area (Å²) in [5.41, 5.74) is -0.648. The van der Waals surface area contributed by atoms with Crippen molar-refractivity contribution in [3.63, 3.8) is 0 Å². The SMILES string of the molecule is COCCOCCCC(C)(C(=O)O)C(C)C. The molecule has 0 amide bonds. The van der Waals surface area contributed by atoms with Crippen LogP contribution in [0.3, 0.4) is 0 Å². The fourth-order valence-corrected chi connectivity index (χ4v) is 1.43. The third kappa shape index (κ3) is 4.94. The highest BCUT2D eigenvalue weighted by molar-refractivity contribution is 5.74. The number of carboxylic acid groups (broad SMARTS) is 1. The third-order valence-corrected chi connectivity index (χ3v) is 3.18. The molecule has 1 atom stereocenters. The fourth-order valence-electron chi connectivity index (χ4n) is 1.43. The van der Waals surface area contributed by atoms with E-state index in [4.69, 9.17) is 9.47 Å². The Kier molecular flexibility index (Phi) is 7.34. The number of ether oxygens (including phenoxy) is 2. The van der Waals surface area contributed by atoms with Crippen molar-refractivity contribution < 1.29 is 19.4 Å². The third-order valence-electron chi connectivity index (χ3n) is 3.18. The Morgan fingerprint density at radius 2 is 1.94 bits per heavy atom. The van der Waals surface area contributed by atoms with Crippen LogP contribution in [0.15, 0.2) is 0 Å². The average molecular weight is 232 g/mol. The first-order valence-corrected chi connectivity index (χ1v) is 5.75. The van der Waals surface area contributed by atoms with Crippen molar-refractivity contribution in [3.8, 4) is 0 Å². The molecule has 0 heterocycles. The first-order valence-electron chi connectivity index (χ1n) is 5.75. The molecule has 0 aliphatic carbocycles. The predicted molar refractivity (Wildman–Crippen MR) is 62.5 cm³/mol. The molecule has 1 unspecified atom stereocenters. The van der Waals surface area contributed by atoms with Gasteiger partial charge in [-0.25, -0.2) is 0 Å². The van der Waals surface area contributed by atoms with E-state index in [0.29, 0.717) is 26.2 Å². The van der Waals surface area contributed by atoms with Gasteiger partial charge in [0, 0.05) is 13.7 Å². The number of hydrogen-bond donors (Lipinski definition) is 1. The Hall–Kier alpha value is -0.610. The lowest BCUT2D eigenvalue weighted by molar-refractivity contribution is -0.151. The van der Waals surface area contributed by atoms with Crippen LogP contribution in [0.25, 0.3) is 0 Å². The summed E-state index contributed by atoms with van der Waals surface area (Å²) in [6.45, 7) is 7.44. The van der Waals surface area contributed by atoms with Crippen molar-refractivity contribution >= 4 is 5.97 Å². The van der Waals surface area contributed by atoms with E-state index in [1.54, 1.807) is 14.0 Å². The summed E-state index contributed by atoms with van der Waals surface area (Å²) in [5, 5.41) is 9.18. The molecule has 4 heteroatoms. The maximum absolute atomic E-state index is 11.2. The van der Waals surface area contributed by atoms with Gasteiger partial charge < -0.3 is 14.6 Å². The Morgan fingerprint density at radius 1 is 1.31 bits per heavy atom. The second-order valence-corrected chi connectivity index (χ2v) is 4.59. The maximum Gasteiger partial charge on any atom is 0.309 e. The standard InChI is InChI=1S/C12H24O4/c1-10(2)12(3,11(13)14)6-5-7-16-9-8-15-4/h10H,5-9H2,1-4H3,(H,13,14). The number of rotatable bonds is 9. The van der Waals surface area contributed by atoms with Crippen LogP contribution in [0.1, 0.15) is 33.6 Å². The number of carbonyl (C=O) groups is 1. The minimum Gasteiger partial charge on any atom is -0.481 e. The zero-order valence-corrected chi connectivity index (χ0v) is 10.8. The summed E-state index contributed by atoms with van der Waals surface area (Å²) in [7, 11) is 1.63. The molecular formula is C12H24O4. The molecule has 0 saturated carbocycles. The van der Waals surface area contributed by atoms with Crippen LogP contribution >= 0.6 is 0 Å². The highest BCUT2D eigenvalue weighted by Crippen LogP contribution is 2.32. The highest BCUT2D eigenvalue weighted by Gasteiger charge is 2.35. The topological polar surface area (TPSA) is 55.8 Å². The van der Waals surface area contributed by atoms with E-state index in [1.165, 1.54) is 0 Å². The van der Waals surface area contributed by atoms with E-state index in [2.05, 4.69) is 0 Å². The summed E-state index contributed by atoms with van der Waals surface area (Å²) in [6, 6.07) is 0. The van der Waals surface area contributed by atoms with Crippen molar-refractivity contribution in [3.05, 3.63) is 0 Å². The Balaban J connectivity index is 3.83. The van der Waals surface area contributed by atoms with Crippen LogP contribution in [-0.2, 0) is 14.3 Å². The van der Waals surface area contributed by atoms with Gasteiger partial charge in [-0.05, 0) is 25.7 Å². The average Bonchev–Trinajstić information content (AvgIpc) is 2.22. The van der Waals surface area contributed by atoms with E-state index in [0.717, 1.165) is 6.42 Å². The monoisotopic (exact) mass is 232 g/mol. The van der Waals surface area contributed by atoms with Gasteiger partial charge >= 0.3 is 5.97 Å². The van der Waals surface area contributed by atoms with E-state index in [-0.39, 0.29) is 5.92 Å². The Morgan fingerprint density at radius 3 is 2.38 bits per heavy atom. The number of carboxylic acids is 1. The molecule has 0 fully saturated rings. The van der Waals surface area contributed by atoms with Crippen molar-refractivity contribution in [1.29, 1.82) is 0 Å². The first kappa shape index (κ1) is 15.4. The van der Waals surface area contributed by atoms with Crippen molar-refractivity contribution in [1.82, 2.24) is 0 Å². The predicted octanol–water partition coefficient (Wildman–Crippen LogP) is 2.18. The van der Waals surface area contributed by atoms with Crippen molar-refractivity contribution in [2.45, 2.75) is 33.6 Å². The molecule has 0 radical (unpaired) electrons. The van der Waals surface area contributed by atoms with E-state index in [9.17, 15) is 9.90 Å². The zero-order chi connectivity index (χ0) is 12.6. The van der Waals surface area contributed by atoms with Crippen molar-refractivity contribution in [2.75, 3.05) is 26.9 Å². The molecule has 0 saturated heterocycles. The molecule has 0 bridgehead atoms. The summed E-state index contributed by atoms with van der Waals surface area (Å²) in [6.07, 6.45) is 1.41. The van der Waals surface area contributed by atoms with Gasteiger partial charge in [0.2, 0.25) is 0 Å². The van der Waals surface area contributed by atoms with Crippen LogP contribution in [0.2, 0.25) is 0 Å². The molecule has 0 rings (SSSR count). The second kappa shape index (κ2) is 7.63. The number of hydrogen-bond acceptors (Lipinski definition) is 3. The minimum atomic E-state index is -0.723. The van der Waals surface area contributed by atoms with Gasteiger partial charge in [-0.1, -0.05) is 13.8 Å². The van der Waals surface area contributed by atoms with Gasteiger partial charge in [0.25, 0.3) is 0 Å². The van der Waals surface area contributed by atoms with Crippen LogP contribution < -0.4 is 0 Å². The molecule has 0 aromatic carbocycles. The lowest BCUT2D eigenvalue weighted by atomic mass is 9.75. The Labute approximate surface area is 97.9 Å². The Bertz CT molecular complexity index is 203. The van der Waals surface area contributed by atoms with Gasteiger partial charge in [-0.2, -0.15) is 0 Å². The molecule has 4 nitrogen and oxygen atoms in total. The summed E-state index contributed by atoms with van der Waals surface area (Å²) in [4.78, 5) is 11.2. The maximum atomic E-state index is 11.2. The number of aliphatic carboxylic acids is 1. The van der Waals surface area contributed by atoms with Crippen LogP contribution in [0.4, 0.5) is 0 Å². The molecular weight excluding hydrogens is 208 g/mol. The largest absolute Gasteiger partial charge is 0.481 e. The number of methoxy groups -OCH3 is 1. The second-order valence-electron chi connectivity index (χ2n) is 4.59. The summed E-state index contributed by atoms with van der Waals surface area (Å²) >= 11 is 0. The van der Waals surface area contributed by atoms with Crippen LogP contribution in [-0.4, -0.2) is 38.0 Å². The quantitative estimate of drug-likeness (QED) is 0.619. The van der Waals surface area contributed by atoms with Gasteiger partial charge in [0.05, 0.1) is 18.6 Å². The normalized spacial score (nSPS) is 15.1. The molecule has 16 heavy (non-hydrogen) atoms. The van der Waals surface area contributed by atoms with Gasteiger partial charge in [0.15, 0.2) is 0 Å². The van der Waals surface area contributed by atoms with Crippen LogP contribution in [0, 0.1) is 11.3 Å². The molecule has 96 valence electrons. The van der Waals surface area contributed by atoms with Gasteiger partial charge in [-0.3, -0.25) is 4.79 Å². The summed E-state index contributed by atoms with van der Waals surface area (Å²) in [5.74, 6) is -0.594. The molecule has 0 aliphatic heterocycles. The molecule has 0 spiro atoms. The molecule has 0 aliphatic rings. The van der Waals surface area contributed by atoms with Gasteiger partial charge in [-0.15, -0.1) is 0 Å². The van der Waals surface area contributed by atoms with E-state index >= 15 is 0 Å². The summed E-state index contributed by atoms with van der Waals surface area (Å²) < 4.78 is 10.2. The lowest BCUT2D eigenvalue weighted by Crippen LogP contribution is -2.33.